The highest BCUT2D eigenvalue weighted by atomic mass is 32.2. The van der Waals surface area contributed by atoms with Crippen LogP contribution in [0.15, 0.2) is 66.7 Å². The Kier molecular flexibility index (Phi) is 7.61. The summed E-state index contributed by atoms with van der Waals surface area (Å²) in [4.78, 5) is 20.7. The zero-order valence-corrected chi connectivity index (χ0v) is 18.2. The first kappa shape index (κ1) is 22.3. The van der Waals surface area contributed by atoms with Crippen LogP contribution in [0.5, 0.6) is 0 Å². The van der Waals surface area contributed by atoms with E-state index in [0.29, 0.717) is 11.3 Å². The van der Waals surface area contributed by atoms with E-state index in [0.717, 1.165) is 23.2 Å². The van der Waals surface area contributed by atoms with Crippen LogP contribution < -0.4 is 16.0 Å². The predicted octanol–water partition coefficient (Wildman–Crippen LogP) is 5.62. The first-order chi connectivity index (χ1) is 15.0. The Morgan fingerprint density at radius 3 is 2.61 bits per heavy atom. The van der Waals surface area contributed by atoms with E-state index >= 15 is 0 Å². The lowest BCUT2D eigenvalue weighted by molar-refractivity contribution is 0.0944. The molecule has 0 saturated heterocycles. The summed E-state index contributed by atoms with van der Waals surface area (Å²) in [5, 5.41) is 10.6. The number of nitrogens with zero attached hydrogens (tertiary/aromatic N) is 2. The number of hydrogen-bond donors (Lipinski definition) is 3. The van der Waals surface area contributed by atoms with Gasteiger partial charge in [-0.15, -0.1) is 11.8 Å². The Bertz CT molecular complexity index is 1060. The Hall–Kier alpha value is -3.39. The normalized spacial score (nSPS) is 10.6. The van der Waals surface area contributed by atoms with Crippen molar-refractivity contribution < 1.29 is 9.18 Å². The minimum absolute atomic E-state index is 0.0195. The van der Waals surface area contributed by atoms with Crippen LogP contribution in [0.2, 0.25) is 0 Å². The topological polar surface area (TPSA) is 78.9 Å². The third-order valence-electron chi connectivity index (χ3n) is 4.17. The number of carbonyl (C=O) groups excluding carboxylic acids is 1. The van der Waals surface area contributed by atoms with Gasteiger partial charge in [0.25, 0.3) is 5.91 Å². The van der Waals surface area contributed by atoms with Gasteiger partial charge >= 0.3 is 0 Å². The maximum Gasteiger partial charge on any atom is 0.253 e. The Morgan fingerprint density at radius 2 is 1.90 bits per heavy atom. The van der Waals surface area contributed by atoms with Crippen LogP contribution in [0.4, 0.5) is 27.5 Å². The SMILES string of the molecule is C=CSCc1ccc(Nc2ncc(F)c(Nc3ccccc3C(=O)NC(C)C)n2)cc1. The molecule has 160 valence electrons. The van der Waals surface area contributed by atoms with Gasteiger partial charge in [0.1, 0.15) is 0 Å². The van der Waals surface area contributed by atoms with Gasteiger partial charge in [0.2, 0.25) is 5.95 Å². The first-order valence-corrected chi connectivity index (χ1v) is 10.8. The average Bonchev–Trinajstić information content (AvgIpc) is 2.75. The molecule has 0 unspecified atom stereocenters. The fourth-order valence-corrected chi connectivity index (χ4v) is 3.24. The summed E-state index contributed by atoms with van der Waals surface area (Å²) in [7, 11) is 0. The van der Waals surface area contributed by atoms with Crippen molar-refractivity contribution in [1.82, 2.24) is 15.3 Å². The highest BCUT2D eigenvalue weighted by molar-refractivity contribution is 8.01. The number of para-hydroxylation sites is 1. The maximum absolute atomic E-state index is 14.4. The smallest absolute Gasteiger partial charge is 0.253 e. The molecule has 0 bridgehead atoms. The van der Waals surface area contributed by atoms with Gasteiger partial charge in [-0.2, -0.15) is 4.98 Å². The van der Waals surface area contributed by atoms with Crippen molar-refractivity contribution in [3.8, 4) is 0 Å². The molecule has 8 heteroatoms. The summed E-state index contributed by atoms with van der Waals surface area (Å²) in [6.45, 7) is 7.45. The molecule has 3 aromatic rings. The monoisotopic (exact) mass is 437 g/mol. The highest BCUT2D eigenvalue weighted by Crippen LogP contribution is 2.24. The van der Waals surface area contributed by atoms with Crippen molar-refractivity contribution in [2.24, 2.45) is 0 Å². The second-order valence-electron chi connectivity index (χ2n) is 6.99. The second kappa shape index (κ2) is 10.6. The maximum atomic E-state index is 14.4. The zero-order valence-electron chi connectivity index (χ0n) is 17.4. The van der Waals surface area contributed by atoms with Gasteiger partial charge in [-0.25, -0.2) is 9.37 Å². The molecule has 0 aliphatic carbocycles. The lowest BCUT2D eigenvalue weighted by Gasteiger charge is -2.14. The fourth-order valence-electron chi connectivity index (χ4n) is 2.74. The fraction of sp³-hybridized carbons (Fsp3) is 0.174. The number of aromatic nitrogens is 2. The number of rotatable bonds is 9. The first-order valence-electron chi connectivity index (χ1n) is 9.74. The zero-order chi connectivity index (χ0) is 22.2. The van der Waals surface area contributed by atoms with Gasteiger partial charge in [0.05, 0.1) is 17.4 Å². The molecule has 0 fully saturated rings. The van der Waals surface area contributed by atoms with E-state index in [-0.39, 0.29) is 23.7 Å². The number of amides is 1. The number of thioether (sulfide) groups is 1. The van der Waals surface area contributed by atoms with Gasteiger partial charge < -0.3 is 16.0 Å². The van der Waals surface area contributed by atoms with Gasteiger partial charge in [0, 0.05) is 17.5 Å². The molecular formula is C23H24FN5OS. The van der Waals surface area contributed by atoms with Crippen molar-refractivity contribution in [2.45, 2.75) is 25.6 Å². The Morgan fingerprint density at radius 1 is 1.16 bits per heavy atom. The molecule has 0 atom stereocenters. The van der Waals surface area contributed by atoms with E-state index in [1.54, 1.807) is 41.4 Å². The van der Waals surface area contributed by atoms with E-state index < -0.39 is 5.82 Å². The molecule has 1 amide bonds. The van der Waals surface area contributed by atoms with Crippen LogP contribution in [0.3, 0.4) is 0 Å². The van der Waals surface area contributed by atoms with Crippen LogP contribution in [0.25, 0.3) is 0 Å². The molecule has 3 rings (SSSR count). The molecule has 0 radical (unpaired) electrons. The number of nitrogens with one attached hydrogen (secondary N) is 3. The average molecular weight is 438 g/mol. The van der Waals surface area contributed by atoms with Gasteiger partial charge in [-0.1, -0.05) is 30.8 Å². The van der Waals surface area contributed by atoms with Gasteiger partial charge in [-0.05, 0) is 49.1 Å². The number of halogens is 1. The van der Waals surface area contributed by atoms with Crippen LogP contribution in [0.1, 0.15) is 29.8 Å². The van der Waals surface area contributed by atoms with Crippen molar-refractivity contribution >= 4 is 40.8 Å². The number of carbonyl (C=O) groups is 1. The van der Waals surface area contributed by atoms with Crippen LogP contribution in [-0.4, -0.2) is 21.9 Å². The van der Waals surface area contributed by atoms with E-state index in [1.807, 2.05) is 38.1 Å². The minimum atomic E-state index is -0.624. The summed E-state index contributed by atoms with van der Waals surface area (Å²) in [5.74, 6) is 0.180. The Balaban J connectivity index is 1.78. The van der Waals surface area contributed by atoms with Gasteiger partial charge in [-0.3, -0.25) is 4.79 Å². The molecule has 0 spiro atoms. The molecule has 3 N–H and O–H groups in total. The molecule has 31 heavy (non-hydrogen) atoms. The van der Waals surface area contributed by atoms with Crippen molar-refractivity contribution in [3.63, 3.8) is 0 Å². The van der Waals surface area contributed by atoms with E-state index in [2.05, 4.69) is 32.5 Å². The summed E-state index contributed by atoms with van der Waals surface area (Å²) >= 11 is 1.62. The van der Waals surface area contributed by atoms with E-state index in [1.165, 1.54) is 0 Å². The quantitative estimate of drug-likeness (QED) is 0.403. The summed E-state index contributed by atoms with van der Waals surface area (Å²) < 4.78 is 14.4. The molecule has 0 aliphatic heterocycles. The van der Waals surface area contributed by atoms with Crippen molar-refractivity contribution in [1.29, 1.82) is 0 Å². The number of anilines is 4. The number of hydrogen-bond acceptors (Lipinski definition) is 6. The third-order valence-corrected chi connectivity index (χ3v) is 4.90. The summed E-state index contributed by atoms with van der Waals surface area (Å²) in [6, 6.07) is 14.7. The largest absolute Gasteiger partial charge is 0.350 e. The molecule has 6 nitrogen and oxygen atoms in total. The van der Waals surface area contributed by atoms with Crippen molar-refractivity contribution in [2.75, 3.05) is 10.6 Å². The lowest BCUT2D eigenvalue weighted by Crippen LogP contribution is -2.30. The van der Waals surface area contributed by atoms with Crippen molar-refractivity contribution in [3.05, 3.63) is 83.7 Å². The van der Waals surface area contributed by atoms with Gasteiger partial charge in [0.15, 0.2) is 11.6 Å². The van der Waals surface area contributed by atoms with E-state index in [4.69, 9.17) is 0 Å². The standard InChI is InChI=1S/C23H24FN5OS/c1-4-31-14-16-9-11-17(12-10-16)27-23-25-13-19(24)21(29-23)28-20-8-6-5-7-18(20)22(30)26-15(2)3/h4-13,15H,1,14H2,2-3H3,(H,26,30)(H2,25,27,28,29). The molecule has 0 aliphatic rings. The van der Waals surface area contributed by atoms with Crippen LogP contribution in [0, 0.1) is 5.82 Å². The molecular weight excluding hydrogens is 413 g/mol. The Labute approximate surface area is 185 Å². The van der Waals surface area contributed by atoms with Crippen LogP contribution in [-0.2, 0) is 5.75 Å². The predicted molar refractivity (Wildman–Crippen MR) is 126 cm³/mol. The highest BCUT2D eigenvalue weighted by Gasteiger charge is 2.15. The molecule has 0 saturated carbocycles. The third kappa shape index (κ3) is 6.29. The second-order valence-corrected chi connectivity index (χ2v) is 7.94. The molecule has 1 aromatic heterocycles. The molecule has 2 aromatic carbocycles. The van der Waals surface area contributed by atoms with Crippen LogP contribution >= 0.6 is 11.8 Å². The summed E-state index contributed by atoms with van der Waals surface area (Å²) in [6.07, 6.45) is 1.09. The summed E-state index contributed by atoms with van der Waals surface area (Å²) in [5.41, 5.74) is 2.79. The minimum Gasteiger partial charge on any atom is -0.350 e. The lowest BCUT2D eigenvalue weighted by atomic mass is 10.1. The molecule has 1 heterocycles. The van der Waals surface area contributed by atoms with E-state index in [9.17, 15) is 9.18 Å². The number of benzene rings is 2.